The van der Waals surface area contributed by atoms with Crippen molar-refractivity contribution in [3.63, 3.8) is 0 Å². The highest BCUT2D eigenvalue weighted by Crippen LogP contribution is 2.39. The van der Waals surface area contributed by atoms with Gasteiger partial charge in [-0.3, -0.25) is 9.79 Å². The maximum atomic E-state index is 13.7. The Bertz CT molecular complexity index is 943. The predicted molar refractivity (Wildman–Crippen MR) is 88.6 cm³/mol. The molecule has 0 N–H and O–H groups in total. The number of aliphatic imine (C=N–C) groups is 1. The Morgan fingerprint density at radius 3 is 2.58 bits per heavy atom. The average molecular weight is 358 g/mol. The van der Waals surface area contributed by atoms with Gasteiger partial charge in [0, 0.05) is 5.56 Å². The number of halogens is 3. The van der Waals surface area contributed by atoms with Crippen molar-refractivity contribution in [2.24, 2.45) is 4.99 Å². The van der Waals surface area contributed by atoms with Crippen molar-refractivity contribution >= 4 is 11.7 Å². The second-order valence-electron chi connectivity index (χ2n) is 5.75. The lowest BCUT2D eigenvalue weighted by Gasteiger charge is -2.22. The van der Waals surface area contributed by atoms with Crippen molar-refractivity contribution in [3.8, 4) is 17.2 Å². The van der Waals surface area contributed by atoms with Crippen molar-refractivity contribution in [2.75, 3.05) is 6.54 Å². The van der Waals surface area contributed by atoms with Gasteiger partial charge in [-0.15, -0.1) is 0 Å². The second kappa shape index (κ2) is 6.64. The summed E-state index contributed by atoms with van der Waals surface area (Å²) in [5.41, 5.74) is -0.0725. The molecule has 0 aliphatic carbocycles. The normalized spacial score (nSPS) is 17.3. The topological polar surface area (TPSA) is 62.4 Å². The summed E-state index contributed by atoms with van der Waals surface area (Å²) in [6, 6.07) is 11.8. The summed E-state index contributed by atoms with van der Waals surface area (Å²) >= 11 is 0. The lowest BCUT2D eigenvalue weighted by atomic mass is 9.92. The summed E-state index contributed by atoms with van der Waals surface area (Å²) < 4.78 is 46.0. The Labute approximate surface area is 147 Å². The number of ether oxygens (including phenoxy) is 1. The van der Waals surface area contributed by atoms with Crippen molar-refractivity contribution in [2.45, 2.75) is 19.2 Å². The number of cyclic esters (lactones) is 1. The third kappa shape index (κ3) is 3.31. The molecule has 132 valence electrons. The van der Waals surface area contributed by atoms with Crippen LogP contribution in [0.3, 0.4) is 0 Å². The molecule has 1 aliphatic rings. The van der Waals surface area contributed by atoms with E-state index in [0.717, 1.165) is 6.07 Å². The van der Waals surface area contributed by atoms with Gasteiger partial charge >= 0.3 is 12.1 Å². The van der Waals surface area contributed by atoms with Crippen LogP contribution in [0.1, 0.15) is 23.6 Å². The molecule has 0 unspecified atom stereocenters. The zero-order chi connectivity index (χ0) is 18.9. The monoisotopic (exact) mass is 358 g/mol. The Balaban J connectivity index is 2.17. The molecule has 0 bridgehead atoms. The second-order valence-corrected chi connectivity index (χ2v) is 5.75. The lowest BCUT2D eigenvalue weighted by molar-refractivity contribution is -0.144. The Morgan fingerprint density at radius 2 is 1.92 bits per heavy atom. The van der Waals surface area contributed by atoms with Gasteiger partial charge in [0.25, 0.3) is 0 Å². The van der Waals surface area contributed by atoms with E-state index in [2.05, 4.69) is 4.99 Å². The number of nitrogens with zero attached hydrogens (tertiary/aromatic N) is 2. The van der Waals surface area contributed by atoms with Crippen molar-refractivity contribution in [1.82, 2.24) is 0 Å². The summed E-state index contributed by atoms with van der Waals surface area (Å²) in [4.78, 5) is 15.3. The number of carbonyl (C=O) groups is 1. The molecule has 1 heterocycles. The van der Waals surface area contributed by atoms with Crippen LogP contribution in [0.15, 0.2) is 47.5 Å². The molecular formula is C19H13F3N2O2. The molecule has 0 fully saturated rings. The molecule has 1 aliphatic heterocycles. The van der Waals surface area contributed by atoms with Crippen LogP contribution in [0, 0.1) is 11.3 Å². The molecule has 0 spiro atoms. The SMILES string of the molecule is C[C@@H]1OC(=O)CN=C1c1ccc(-c2ccccc2C#N)c(C(F)(F)F)c1. The third-order valence-corrected chi connectivity index (χ3v) is 4.03. The fraction of sp³-hybridized carbons (Fsp3) is 0.211. The van der Waals surface area contributed by atoms with Gasteiger partial charge in [0.2, 0.25) is 0 Å². The molecular weight excluding hydrogens is 345 g/mol. The number of hydrogen-bond donors (Lipinski definition) is 0. The maximum Gasteiger partial charge on any atom is 0.417 e. The molecule has 0 saturated carbocycles. The first-order chi connectivity index (χ1) is 12.3. The van der Waals surface area contributed by atoms with E-state index in [0.29, 0.717) is 0 Å². The zero-order valence-electron chi connectivity index (χ0n) is 13.7. The van der Waals surface area contributed by atoms with Crippen LogP contribution in [0.25, 0.3) is 11.1 Å². The molecule has 4 nitrogen and oxygen atoms in total. The quantitative estimate of drug-likeness (QED) is 0.763. The van der Waals surface area contributed by atoms with E-state index in [1.807, 2.05) is 6.07 Å². The molecule has 0 amide bonds. The molecule has 0 aromatic heterocycles. The van der Waals surface area contributed by atoms with E-state index in [1.165, 1.54) is 24.3 Å². The highest BCUT2D eigenvalue weighted by Gasteiger charge is 2.35. The Kier molecular flexibility index (Phi) is 4.51. The van der Waals surface area contributed by atoms with Crippen molar-refractivity contribution in [1.29, 1.82) is 5.26 Å². The van der Waals surface area contributed by atoms with Gasteiger partial charge in [-0.2, -0.15) is 18.4 Å². The summed E-state index contributed by atoms with van der Waals surface area (Å²) in [5, 5.41) is 9.19. The molecule has 0 radical (unpaired) electrons. The zero-order valence-corrected chi connectivity index (χ0v) is 13.7. The minimum Gasteiger partial charge on any atom is -0.455 e. The van der Waals surface area contributed by atoms with E-state index in [9.17, 15) is 23.2 Å². The minimum atomic E-state index is -4.62. The van der Waals surface area contributed by atoms with E-state index < -0.39 is 23.8 Å². The molecule has 3 rings (SSSR count). The standard InChI is InChI=1S/C19H13F3N2O2/c1-11-18(24-10-17(25)26-11)12-6-7-15(16(8-12)19(20,21)22)14-5-3-2-4-13(14)9-23/h2-8,11H,10H2,1H3/t11-/m0/s1. The van der Waals surface area contributed by atoms with Crippen LogP contribution >= 0.6 is 0 Å². The summed E-state index contributed by atoms with van der Waals surface area (Å²) in [7, 11) is 0. The molecule has 2 aromatic rings. The first-order valence-electron chi connectivity index (χ1n) is 7.76. The van der Waals surface area contributed by atoms with Crippen LogP contribution in [-0.2, 0) is 15.7 Å². The van der Waals surface area contributed by atoms with Gasteiger partial charge in [0.1, 0.15) is 12.6 Å². The van der Waals surface area contributed by atoms with Gasteiger partial charge in [-0.1, -0.05) is 30.3 Å². The molecule has 1 atom stereocenters. The number of rotatable bonds is 2. The van der Waals surface area contributed by atoms with Gasteiger partial charge in [0.15, 0.2) is 0 Å². The van der Waals surface area contributed by atoms with Crippen molar-refractivity contribution < 1.29 is 22.7 Å². The number of esters is 1. The fourth-order valence-electron chi connectivity index (χ4n) is 2.88. The highest BCUT2D eigenvalue weighted by molar-refractivity contribution is 6.07. The predicted octanol–water partition coefficient (Wildman–Crippen LogP) is 3.98. The van der Waals surface area contributed by atoms with Gasteiger partial charge in [-0.05, 0) is 30.2 Å². The molecule has 0 saturated heterocycles. The molecule has 2 aromatic carbocycles. The smallest absolute Gasteiger partial charge is 0.417 e. The number of carbonyl (C=O) groups excluding carboxylic acids is 1. The minimum absolute atomic E-state index is 0.0838. The van der Waals surface area contributed by atoms with Crippen LogP contribution < -0.4 is 0 Å². The van der Waals surface area contributed by atoms with Crippen molar-refractivity contribution in [3.05, 3.63) is 59.2 Å². The maximum absolute atomic E-state index is 13.7. The largest absolute Gasteiger partial charge is 0.455 e. The van der Waals surface area contributed by atoms with E-state index in [-0.39, 0.29) is 34.5 Å². The third-order valence-electron chi connectivity index (χ3n) is 4.03. The Hall–Kier alpha value is -3.14. The Morgan fingerprint density at radius 1 is 1.19 bits per heavy atom. The summed E-state index contributed by atoms with van der Waals surface area (Å²) in [6.45, 7) is 1.34. The van der Waals surface area contributed by atoms with Crippen LogP contribution in [0.4, 0.5) is 13.2 Å². The van der Waals surface area contributed by atoms with Crippen LogP contribution in [-0.4, -0.2) is 24.3 Å². The molecule has 26 heavy (non-hydrogen) atoms. The number of hydrogen-bond acceptors (Lipinski definition) is 4. The first-order valence-corrected chi connectivity index (χ1v) is 7.76. The number of benzene rings is 2. The van der Waals surface area contributed by atoms with E-state index in [4.69, 9.17) is 4.74 Å². The molecule has 7 heteroatoms. The first kappa shape index (κ1) is 17.7. The summed E-state index contributed by atoms with van der Waals surface area (Å²) in [5.74, 6) is -0.517. The average Bonchev–Trinajstić information content (AvgIpc) is 2.60. The van der Waals surface area contributed by atoms with E-state index >= 15 is 0 Å². The van der Waals surface area contributed by atoms with Gasteiger partial charge in [-0.25, -0.2) is 0 Å². The number of alkyl halides is 3. The summed E-state index contributed by atoms with van der Waals surface area (Å²) in [6.07, 6.45) is -5.35. The van der Waals surface area contributed by atoms with Crippen LogP contribution in [0.2, 0.25) is 0 Å². The van der Waals surface area contributed by atoms with E-state index in [1.54, 1.807) is 19.1 Å². The fourth-order valence-corrected chi connectivity index (χ4v) is 2.88. The van der Waals surface area contributed by atoms with Crippen LogP contribution in [0.5, 0.6) is 0 Å². The highest BCUT2D eigenvalue weighted by atomic mass is 19.4. The van der Waals surface area contributed by atoms with Gasteiger partial charge < -0.3 is 4.74 Å². The number of nitriles is 1. The van der Waals surface area contributed by atoms with Gasteiger partial charge in [0.05, 0.1) is 22.9 Å². The lowest BCUT2D eigenvalue weighted by Crippen LogP contribution is -2.32.